The van der Waals surface area contributed by atoms with Crippen molar-refractivity contribution in [2.45, 2.75) is 19.9 Å². The molecule has 0 aromatic carbocycles. The molecule has 90 valence electrons. The Labute approximate surface area is 102 Å². The number of likely N-dealkylation sites (N-methyl/N-ethyl adjacent to an activating group) is 1. The number of aromatic nitrogens is 2. The Kier molecular flexibility index (Phi) is 4.96. The Hall–Kier alpha value is -0.870. The monoisotopic (exact) mass is 242 g/mol. The fourth-order valence-corrected chi connectivity index (χ4v) is 1.57. The molecule has 0 radical (unpaired) electrons. The summed E-state index contributed by atoms with van der Waals surface area (Å²) in [6.07, 6.45) is 3.10. The highest BCUT2D eigenvalue weighted by Crippen LogP contribution is 2.19. The fraction of sp³-hybridized carbons (Fsp3) is 0.636. The predicted octanol–water partition coefficient (Wildman–Crippen LogP) is 2.13. The second-order valence-corrected chi connectivity index (χ2v) is 4.88. The molecule has 1 rings (SSSR count). The van der Waals surface area contributed by atoms with Crippen LogP contribution in [0.4, 0.5) is 5.82 Å². The van der Waals surface area contributed by atoms with E-state index >= 15 is 0 Å². The first-order valence-corrected chi connectivity index (χ1v) is 5.75. The predicted molar refractivity (Wildman–Crippen MR) is 67.8 cm³/mol. The van der Waals surface area contributed by atoms with Crippen molar-refractivity contribution in [1.29, 1.82) is 0 Å². The van der Waals surface area contributed by atoms with Gasteiger partial charge in [-0.15, -0.1) is 0 Å². The standard InChI is InChI=1S/C11H19ClN4/c1-8(2)10(6-16(3)4)15-11-9(12)5-13-7-14-11/h5,7-8,10H,6H2,1-4H3,(H,13,14,15). The van der Waals surface area contributed by atoms with E-state index in [9.17, 15) is 0 Å². The molecule has 0 bridgehead atoms. The molecule has 0 saturated carbocycles. The van der Waals surface area contributed by atoms with Gasteiger partial charge in [0.15, 0.2) is 0 Å². The van der Waals surface area contributed by atoms with Crippen LogP contribution < -0.4 is 5.32 Å². The highest BCUT2D eigenvalue weighted by atomic mass is 35.5. The normalized spacial score (nSPS) is 13.2. The van der Waals surface area contributed by atoms with Crippen molar-refractivity contribution in [2.75, 3.05) is 26.0 Å². The quantitative estimate of drug-likeness (QED) is 0.859. The van der Waals surface area contributed by atoms with E-state index in [1.54, 1.807) is 6.20 Å². The van der Waals surface area contributed by atoms with Crippen molar-refractivity contribution in [1.82, 2.24) is 14.9 Å². The Bertz CT molecular complexity index is 328. The molecule has 0 saturated heterocycles. The molecule has 1 atom stereocenters. The average Bonchev–Trinajstić information content (AvgIpc) is 2.19. The fourth-order valence-electron chi connectivity index (χ4n) is 1.41. The van der Waals surface area contributed by atoms with E-state index in [2.05, 4.69) is 48.1 Å². The second-order valence-electron chi connectivity index (χ2n) is 4.48. The first-order valence-electron chi connectivity index (χ1n) is 5.37. The molecular weight excluding hydrogens is 224 g/mol. The summed E-state index contributed by atoms with van der Waals surface area (Å²) in [6, 6.07) is 0.322. The van der Waals surface area contributed by atoms with Crippen molar-refractivity contribution in [2.24, 2.45) is 5.92 Å². The first-order chi connectivity index (χ1) is 7.50. The first kappa shape index (κ1) is 13.2. The van der Waals surface area contributed by atoms with Gasteiger partial charge >= 0.3 is 0 Å². The van der Waals surface area contributed by atoms with Crippen LogP contribution in [0.1, 0.15) is 13.8 Å². The lowest BCUT2D eigenvalue weighted by molar-refractivity contribution is 0.344. The summed E-state index contributed by atoms with van der Waals surface area (Å²) in [5.41, 5.74) is 0. The SMILES string of the molecule is CC(C)C(CN(C)C)Nc1ncncc1Cl. The molecule has 0 aliphatic carbocycles. The molecule has 0 amide bonds. The van der Waals surface area contributed by atoms with Gasteiger partial charge in [0.25, 0.3) is 0 Å². The maximum Gasteiger partial charge on any atom is 0.148 e. The Morgan fingerprint density at radius 2 is 2.12 bits per heavy atom. The summed E-state index contributed by atoms with van der Waals surface area (Å²) < 4.78 is 0. The van der Waals surface area contributed by atoms with E-state index in [0.717, 1.165) is 6.54 Å². The Balaban J connectivity index is 2.72. The van der Waals surface area contributed by atoms with Gasteiger partial charge in [-0.05, 0) is 20.0 Å². The van der Waals surface area contributed by atoms with Gasteiger partial charge in [-0.25, -0.2) is 9.97 Å². The molecular formula is C11H19ClN4. The molecule has 1 aromatic rings. The number of nitrogens with zero attached hydrogens (tertiary/aromatic N) is 3. The van der Waals surface area contributed by atoms with E-state index in [1.165, 1.54) is 6.33 Å². The van der Waals surface area contributed by atoms with Gasteiger partial charge in [0.05, 0.1) is 6.20 Å². The topological polar surface area (TPSA) is 41.0 Å². The number of anilines is 1. The van der Waals surface area contributed by atoms with Crippen molar-refractivity contribution in [3.8, 4) is 0 Å². The zero-order chi connectivity index (χ0) is 12.1. The Morgan fingerprint density at radius 3 is 2.62 bits per heavy atom. The highest BCUT2D eigenvalue weighted by Gasteiger charge is 2.15. The summed E-state index contributed by atoms with van der Waals surface area (Å²) in [4.78, 5) is 10.1. The molecule has 0 fully saturated rings. The van der Waals surface area contributed by atoms with Gasteiger partial charge in [0.1, 0.15) is 17.2 Å². The van der Waals surface area contributed by atoms with Crippen molar-refractivity contribution in [3.63, 3.8) is 0 Å². The highest BCUT2D eigenvalue weighted by molar-refractivity contribution is 6.32. The molecule has 1 unspecified atom stereocenters. The van der Waals surface area contributed by atoms with Gasteiger partial charge in [-0.1, -0.05) is 25.4 Å². The third-order valence-corrected chi connectivity index (χ3v) is 2.63. The van der Waals surface area contributed by atoms with Crippen molar-refractivity contribution >= 4 is 17.4 Å². The van der Waals surface area contributed by atoms with Crippen LogP contribution in [0.5, 0.6) is 0 Å². The molecule has 0 aliphatic rings. The Morgan fingerprint density at radius 1 is 1.44 bits per heavy atom. The molecule has 5 heteroatoms. The summed E-state index contributed by atoms with van der Waals surface area (Å²) in [5, 5.41) is 3.92. The molecule has 0 spiro atoms. The summed E-state index contributed by atoms with van der Waals surface area (Å²) >= 11 is 6.01. The van der Waals surface area contributed by atoms with Crippen LogP contribution in [0.2, 0.25) is 5.02 Å². The van der Waals surface area contributed by atoms with Crippen LogP contribution in [-0.2, 0) is 0 Å². The van der Waals surface area contributed by atoms with Crippen LogP contribution in [0.25, 0.3) is 0 Å². The second kappa shape index (κ2) is 6.01. The van der Waals surface area contributed by atoms with Crippen LogP contribution in [0.15, 0.2) is 12.5 Å². The maximum atomic E-state index is 6.01. The molecule has 16 heavy (non-hydrogen) atoms. The van der Waals surface area contributed by atoms with E-state index < -0.39 is 0 Å². The average molecular weight is 243 g/mol. The third-order valence-electron chi connectivity index (χ3n) is 2.36. The molecule has 1 heterocycles. The van der Waals surface area contributed by atoms with Crippen LogP contribution >= 0.6 is 11.6 Å². The summed E-state index contributed by atoms with van der Waals surface area (Å²) in [7, 11) is 4.11. The number of hydrogen-bond acceptors (Lipinski definition) is 4. The van der Waals surface area contributed by atoms with E-state index in [-0.39, 0.29) is 0 Å². The number of hydrogen-bond donors (Lipinski definition) is 1. The lowest BCUT2D eigenvalue weighted by atomic mass is 10.0. The maximum absolute atomic E-state index is 6.01. The van der Waals surface area contributed by atoms with Crippen LogP contribution in [0, 0.1) is 5.92 Å². The third kappa shape index (κ3) is 3.94. The minimum atomic E-state index is 0.322. The van der Waals surface area contributed by atoms with Gasteiger partial charge in [0, 0.05) is 12.6 Å². The minimum Gasteiger partial charge on any atom is -0.364 e. The largest absolute Gasteiger partial charge is 0.364 e. The summed E-state index contributed by atoms with van der Waals surface area (Å²) in [6.45, 7) is 5.30. The lowest BCUT2D eigenvalue weighted by Crippen LogP contribution is -2.36. The van der Waals surface area contributed by atoms with Crippen molar-refractivity contribution in [3.05, 3.63) is 17.5 Å². The molecule has 1 N–H and O–H groups in total. The van der Waals surface area contributed by atoms with Gasteiger partial charge in [-0.2, -0.15) is 0 Å². The molecule has 0 aliphatic heterocycles. The zero-order valence-electron chi connectivity index (χ0n) is 10.2. The molecule has 1 aromatic heterocycles. The smallest absolute Gasteiger partial charge is 0.148 e. The van der Waals surface area contributed by atoms with E-state index in [4.69, 9.17) is 11.6 Å². The van der Waals surface area contributed by atoms with E-state index in [1.807, 2.05) is 0 Å². The van der Waals surface area contributed by atoms with Gasteiger partial charge in [0.2, 0.25) is 0 Å². The summed E-state index contributed by atoms with van der Waals surface area (Å²) in [5.74, 6) is 1.21. The minimum absolute atomic E-state index is 0.322. The van der Waals surface area contributed by atoms with Crippen LogP contribution in [0.3, 0.4) is 0 Å². The van der Waals surface area contributed by atoms with Gasteiger partial charge < -0.3 is 10.2 Å². The van der Waals surface area contributed by atoms with Crippen molar-refractivity contribution < 1.29 is 0 Å². The zero-order valence-corrected chi connectivity index (χ0v) is 11.0. The number of rotatable bonds is 5. The molecule has 4 nitrogen and oxygen atoms in total. The van der Waals surface area contributed by atoms with Gasteiger partial charge in [-0.3, -0.25) is 0 Å². The number of halogens is 1. The van der Waals surface area contributed by atoms with Crippen LogP contribution in [-0.4, -0.2) is 41.5 Å². The lowest BCUT2D eigenvalue weighted by Gasteiger charge is -2.26. The number of nitrogens with one attached hydrogen (secondary N) is 1. The van der Waals surface area contributed by atoms with E-state index in [0.29, 0.717) is 22.8 Å².